The van der Waals surface area contributed by atoms with Crippen molar-refractivity contribution in [2.24, 2.45) is 0 Å². The first-order valence-electron chi connectivity index (χ1n) is 6.16. The lowest BCUT2D eigenvalue weighted by atomic mass is 9.96. The van der Waals surface area contributed by atoms with Gasteiger partial charge in [-0.25, -0.2) is 8.78 Å². The van der Waals surface area contributed by atoms with Gasteiger partial charge in [-0.1, -0.05) is 6.07 Å². The van der Waals surface area contributed by atoms with Crippen molar-refractivity contribution in [2.75, 3.05) is 33.7 Å². The van der Waals surface area contributed by atoms with Crippen LogP contribution in [0.3, 0.4) is 0 Å². The van der Waals surface area contributed by atoms with Gasteiger partial charge >= 0.3 is 0 Å². The lowest BCUT2D eigenvalue weighted by Crippen LogP contribution is -2.54. The molecule has 1 aromatic carbocycles. The van der Waals surface area contributed by atoms with E-state index in [-0.39, 0.29) is 12.1 Å². The van der Waals surface area contributed by atoms with E-state index in [4.69, 9.17) is 0 Å². The van der Waals surface area contributed by atoms with E-state index in [2.05, 4.69) is 15.5 Å². The summed E-state index contributed by atoms with van der Waals surface area (Å²) in [5.41, 5.74) is 0.513. The van der Waals surface area contributed by atoms with E-state index in [1.54, 1.807) is 7.05 Å². The quantitative estimate of drug-likeness (QED) is 0.848. The Kier molecular flexibility index (Phi) is 4.27. The van der Waals surface area contributed by atoms with E-state index in [0.29, 0.717) is 5.56 Å². The second-order valence-electron chi connectivity index (χ2n) is 4.68. The minimum absolute atomic E-state index is 0.150. The molecule has 2 atom stereocenters. The molecule has 0 spiro atoms. The highest BCUT2D eigenvalue weighted by Gasteiger charge is 2.29. The van der Waals surface area contributed by atoms with Gasteiger partial charge in [0.25, 0.3) is 0 Å². The van der Waals surface area contributed by atoms with E-state index >= 15 is 0 Å². The molecule has 3 nitrogen and oxygen atoms in total. The van der Waals surface area contributed by atoms with Crippen LogP contribution >= 0.6 is 0 Å². The van der Waals surface area contributed by atoms with Gasteiger partial charge in [0.15, 0.2) is 0 Å². The van der Waals surface area contributed by atoms with Gasteiger partial charge in [-0.15, -0.1) is 0 Å². The van der Waals surface area contributed by atoms with Gasteiger partial charge in [0.1, 0.15) is 11.6 Å². The van der Waals surface area contributed by atoms with Crippen LogP contribution < -0.4 is 10.6 Å². The summed E-state index contributed by atoms with van der Waals surface area (Å²) >= 11 is 0. The summed E-state index contributed by atoms with van der Waals surface area (Å²) in [6.07, 6.45) is 0. The second-order valence-corrected chi connectivity index (χ2v) is 4.68. The molecule has 100 valence electrons. The highest BCUT2D eigenvalue weighted by molar-refractivity contribution is 5.24. The van der Waals surface area contributed by atoms with Crippen LogP contribution in [0.4, 0.5) is 8.78 Å². The van der Waals surface area contributed by atoms with Crippen molar-refractivity contribution in [2.45, 2.75) is 12.1 Å². The summed E-state index contributed by atoms with van der Waals surface area (Å²) in [5, 5.41) is 6.44. The second kappa shape index (κ2) is 5.73. The third-order valence-corrected chi connectivity index (χ3v) is 3.55. The molecule has 1 saturated heterocycles. The first kappa shape index (κ1) is 13.4. The molecule has 0 bridgehead atoms. The number of hydrogen-bond donors (Lipinski definition) is 2. The van der Waals surface area contributed by atoms with Crippen molar-refractivity contribution in [3.05, 3.63) is 35.4 Å². The summed E-state index contributed by atoms with van der Waals surface area (Å²) < 4.78 is 26.8. The van der Waals surface area contributed by atoms with E-state index in [0.717, 1.165) is 25.7 Å². The molecular weight excluding hydrogens is 236 g/mol. The molecule has 1 fully saturated rings. The van der Waals surface area contributed by atoms with Gasteiger partial charge in [0.05, 0.1) is 6.04 Å². The Morgan fingerprint density at radius 3 is 2.83 bits per heavy atom. The first-order valence-corrected chi connectivity index (χ1v) is 6.16. The normalized spacial score (nSPS) is 23.0. The number of hydrogen-bond acceptors (Lipinski definition) is 3. The largest absolute Gasteiger partial charge is 0.314 e. The van der Waals surface area contributed by atoms with Crippen LogP contribution in [0.5, 0.6) is 0 Å². The lowest BCUT2D eigenvalue weighted by Gasteiger charge is -2.38. The van der Waals surface area contributed by atoms with E-state index in [1.165, 1.54) is 12.1 Å². The fourth-order valence-electron chi connectivity index (χ4n) is 2.51. The molecule has 2 N–H and O–H groups in total. The van der Waals surface area contributed by atoms with Crippen molar-refractivity contribution < 1.29 is 8.78 Å². The summed E-state index contributed by atoms with van der Waals surface area (Å²) in [4.78, 5) is 2.19. The van der Waals surface area contributed by atoms with Crippen LogP contribution in [-0.4, -0.2) is 44.7 Å². The molecule has 0 amide bonds. The zero-order valence-corrected chi connectivity index (χ0v) is 10.7. The fraction of sp³-hybridized carbons (Fsp3) is 0.538. The van der Waals surface area contributed by atoms with Gasteiger partial charge in [-0.05, 0) is 20.2 Å². The molecular formula is C13H19F2N3. The standard InChI is InChI=1S/C13H19F2N3/c1-16-13(12-8-17-5-6-18(12)2)10-4-3-9(14)7-11(10)15/h3-4,7,12-13,16-17H,5-6,8H2,1-2H3. The van der Waals surface area contributed by atoms with Gasteiger partial charge < -0.3 is 10.6 Å². The Morgan fingerprint density at radius 1 is 1.44 bits per heavy atom. The average molecular weight is 255 g/mol. The molecule has 1 aliphatic heterocycles. The summed E-state index contributed by atoms with van der Waals surface area (Å²) in [6.45, 7) is 2.65. The van der Waals surface area contributed by atoms with Crippen LogP contribution in [-0.2, 0) is 0 Å². The summed E-state index contributed by atoms with van der Waals surface area (Å²) in [5.74, 6) is -1.03. The lowest BCUT2D eigenvalue weighted by molar-refractivity contribution is 0.160. The molecule has 2 rings (SSSR count). The van der Waals surface area contributed by atoms with Crippen molar-refractivity contribution in [1.29, 1.82) is 0 Å². The maximum Gasteiger partial charge on any atom is 0.130 e. The third-order valence-electron chi connectivity index (χ3n) is 3.55. The molecule has 0 aromatic heterocycles. The van der Waals surface area contributed by atoms with E-state index in [1.807, 2.05) is 7.05 Å². The molecule has 1 aliphatic rings. The molecule has 1 heterocycles. The smallest absolute Gasteiger partial charge is 0.130 e. The fourth-order valence-corrected chi connectivity index (χ4v) is 2.51. The predicted octanol–water partition coefficient (Wildman–Crippen LogP) is 1.13. The number of likely N-dealkylation sites (N-methyl/N-ethyl adjacent to an activating group) is 2. The zero-order chi connectivity index (χ0) is 13.1. The van der Waals surface area contributed by atoms with Crippen LogP contribution in [0.25, 0.3) is 0 Å². The summed E-state index contributed by atoms with van der Waals surface area (Å²) in [6, 6.07) is 3.77. The van der Waals surface area contributed by atoms with E-state index < -0.39 is 11.6 Å². The number of rotatable bonds is 3. The minimum atomic E-state index is -0.541. The number of halogens is 2. The first-order chi connectivity index (χ1) is 8.63. The number of nitrogens with one attached hydrogen (secondary N) is 2. The Balaban J connectivity index is 2.26. The van der Waals surface area contributed by atoms with Crippen molar-refractivity contribution >= 4 is 0 Å². The monoisotopic (exact) mass is 255 g/mol. The molecule has 1 aromatic rings. The maximum absolute atomic E-state index is 13.9. The van der Waals surface area contributed by atoms with Crippen molar-refractivity contribution in [1.82, 2.24) is 15.5 Å². The molecule has 0 radical (unpaired) electrons. The Labute approximate surface area is 106 Å². The molecule has 18 heavy (non-hydrogen) atoms. The van der Waals surface area contributed by atoms with E-state index in [9.17, 15) is 8.78 Å². The topological polar surface area (TPSA) is 27.3 Å². The number of benzene rings is 1. The van der Waals surface area contributed by atoms with Gasteiger partial charge in [-0.2, -0.15) is 0 Å². The number of piperazine rings is 1. The van der Waals surface area contributed by atoms with Crippen LogP contribution in [0.2, 0.25) is 0 Å². The van der Waals surface area contributed by atoms with Crippen molar-refractivity contribution in [3.63, 3.8) is 0 Å². The van der Waals surface area contributed by atoms with Crippen LogP contribution in [0.1, 0.15) is 11.6 Å². The van der Waals surface area contributed by atoms with Gasteiger partial charge in [0.2, 0.25) is 0 Å². The van der Waals surface area contributed by atoms with Crippen molar-refractivity contribution in [3.8, 4) is 0 Å². The Bertz CT molecular complexity index is 411. The average Bonchev–Trinajstić information content (AvgIpc) is 2.34. The predicted molar refractivity (Wildman–Crippen MR) is 67.4 cm³/mol. The Morgan fingerprint density at radius 2 is 2.22 bits per heavy atom. The van der Waals surface area contributed by atoms with Gasteiger partial charge in [-0.3, -0.25) is 4.90 Å². The Hall–Kier alpha value is -1.04. The third kappa shape index (κ3) is 2.68. The summed E-state index contributed by atoms with van der Waals surface area (Å²) in [7, 11) is 3.83. The molecule has 5 heteroatoms. The van der Waals surface area contributed by atoms with Crippen LogP contribution in [0.15, 0.2) is 18.2 Å². The van der Waals surface area contributed by atoms with Gasteiger partial charge in [0, 0.05) is 37.3 Å². The molecule has 0 saturated carbocycles. The van der Waals surface area contributed by atoms with Crippen LogP contribution in [0, 0.1) is 11.6 Å². The zero-order valence-electron chi connectivity index (χ0n) is 10.7. The highest BCUT2D eigenvalue weighted by Crippen LogP contribution is 2.24. The number of nitrogens with zero attached hydrogens (tertiary/aromatic N) is 1. The molecule has 0 aliphatic carbocycles. The molecule has 2 unspecified atom stereocenters. The maximum atomic E-state index is 13.9. The minimum Gasteiger partial charge on any atom is -0.314 e. The SMILES string of the molecule is CNC(c1ccc(F)cc1F)C1CNCCN1C. The highest BCUT2D eigenvalue weighted by atomic mass is 19.1.